The van der Waals surface area contributed by atoms with Crippen LogP contribution in [0.25, 0.3) is 10.2 Å². The molecule has 1 aliphatic rings. The minimum atomic E-state index is 0.0493. The average molecular weight is 507 g/mol. The Kier molecular flexibility index (Phi) is 6.26. The highest BCUT2D eigenvalue weighted by Crippen LogP contribution is 2.38. The second-order valence-corrected chi connectivity index (χ2v) is 9.58. The number of carbonyl (C=O) groups excluding carboxylic acids is 1. The number of amides is 1. The number of hydrogen-bond donors (Lipinski definition) is 1. The molecule has 2 aromatic carbocycles. The van der Waals surface area contributed by atoms with E-state index in [0.717, 1.165) is 31.2 Å². The van der Waals surface area contributed by atoms with Crippen LogP contribution in [0.15, 0.2) is 46.0 Å². The van der Waals surface area contributed by atoms with E-state index in [4.69, 9.17) is 16.6 Å². The Labute approximate surface area is 192 Å². The van der Waals surface area contributed by atoms with Gasteiger partial charge in [0.2, 0.25) is 5.13 Å². The molecule has 6 nitrogen and oxygen atoms in total. The summed E-state index contributed by atoms with van der Waals surface area (Å²) in [5.74, 6) is 0.0493. The zero-order chi connectivity index (χ0) is 21.3. The van der Waals surface area contributed by atoms with Gasteiger partial charge in [-0.3, -0.25) is 10.2 Å². The van der Waals surface area contributed by atoms with Crippen LogP contribution in [0.5, 0.6) is 0 Å². The summed E-state index contributed by atoms with van der Waals surface area (Å²) in [6.45, 7) is 6.52. The largest absolute Gasteiger partial charge is 0.365 e. The second-order valence-electron chi connectivity index (χ2n) is 7.22. The first-order valence-corrected chi connectivity index (χ1v) is 11.6. The maximum Gasteiger partial charge on any atom is 0.254 e. The first kappa shape index (κ1) is 21.1. The monoisotopic (exact) mass is 505 g/mol. The third-order valence-corrected chi connectivity index (χ3v) is 6.54. The van der Waals surface area contributed by atoms with E-state index in [1.165, 1.54) is 0 Å². The second kappa shape index (κ2) is 8.91. The van der Waals surface area contributed by atoms with Crippen molar-refractivity contribution in [1.29, 1.82) is 0 Å². The quantitative estimate of drug-likeness (QED) is 0.376. The van der Waals surface area contributed by atoms with Gasteiger partial charge < -0.3 is 9.80 Å². The predicted octanol–water partition coefficient (Wildman–Crippen LogP) is 5.48. The third kappa shape index (κ3) is 4.45. The standard InChI is InChI=1S/C21H21BrClN5OS/c1-13(2)25-26-21-24-18-17(30-21)7-6-16(23)19(18)27-8-10-28(11-9-27)20(29)14-4-3-5-15(22)12-14/h3-7,12H,8-11H2,1-2H3,(H,24,26). The molecule has 0 aliphatic carbocycles. The smallest absolute Gasteiger partial charge is 0.254 e. The molecule has 0 saturated carbocycles. The fraction of sp³-hybridized carbons (Fsp3) is 0.286. The van der Waals surface area contributed by atoms with Crippen molar-refractivity contribution in [3.8, 4) is 0 Å². The van der Waals surface area contributed by atoms with Crippen molar-refractivity contribution in [3.05, 3.63) is 51.5 Å². The molecule has 0 bridgehead atoms. The molecule has 1 fully saturated rings. The Balaban J connectivity index is 1.53. The molecule has 0 atom stereocenters. The lowest BCUT2D eigenvalue weighted by Gasteiger charge is -2.36. The molecule has 1 amide bonds. The van der Waals surface area contributed by atoms with Gasteiger partial charge in [0.05, 0.1) is 15.4 Å². The Morgan fingerprint density at radius 1 is 1.20 bits per heavy atom. The average Bonchev–Trinajstić information content (AvgIpc) is 3.15. The van der Waals surface area contributed by atoms with E-state index in [9.17, 15) is 4.79 Å². The van der Waals surface area contributed by atoms with Gasteiger partial charge in [-0.1, -0.05) is 44.9 Å². The summed E-state index contributed by atoms with van der Waals surface area (Å²) in [4.78, 5) is 21.7. The van der Waals surface area contributed by atoms with Crippen LogP contribution >= 0.6 is 38.9 Å². The predicted molar refractivity (Wildman–Crippen MR) is 129 cm³/mol. The molecule has 30 heavy (non-hydrogen) atoms. The van der Waals surface area contributed by atoms with Gasteiger partial charge in [-0.05, 0) is 44.2 Å². The summed E-state index contributed by atoms with van der Waals surface area (Å²) in [6.07, 6.45) is 0. The third-order valence-electron chi connectivity index (χ3n) is 4.81. The number of nitrogens with zero attached hydrogens (tertiary/aromatic N) is 4. The molecular formula is C21H21BrClN5OS. The Morgan fingerprint density at radius 2 is 1.97 bits per heavy atom. The minimum Gasteiger partial charge on any atom is -0.365 e. The normalized spacial score (nSPS) is 14.1. The van der Waals surface area contributed by atoms with Crippen LogP contribution < -0.4 is 10.3 Å². The van der Waals surface area contributed by atoms with Crippen LogP contribution in [0.1, 0.15) is 24.2 Å². The zero-order valence-corrected chi connectivity index (χ0v) is 19.8. The number of fused-ring (bicyclic) bond motifs is 1. The van der Waals surface area contributed by atoms with Crippen molar-refractivity contribution >= 4 is 71.5 Å². The highest BCUT2D eigenvalue weighted by Gasteiger charge is 2.25. The van der Waals surface area contributed by atoms with E-state index < -0.39 is 0 Å². The molecule has 0 unspecified atom stereocenters. The molecule has 1 aliphatic heterocycles. The van der Waals surface area contributed by atoms with E-state index >= 15 is 0 Å². The summed E-state index contributed by atoms with van der Waals surface area (Å²) in [5, 5.41) is 5.64. The first-order chi connectivity index (χ1) is 14.4. The highest BCUT2D eigenvalue weighted by atomic mass is 79.9. The van der Waals surface area contributed by atoms with Gasteiger partial charge in [0.15, 0.2) is 0 Å². The molecule has 9 heteroatoms. The van der Waals surface area contributed by atoms with Crippen LogP contribution in [0.3, 0.4) is 0 Å². The molecule has 3 aromatic rings. The Morgan fingerprint density at radius 3 is 2.67 bits per heavy atom. The lowest BCUT2D eigenvalue weighted by Crippen LogP contribution is -2.49. The molecule has 156 valence electrons. The molecule has 4 rings (SSSR count). The molecule has 1 N–H and O–H groups in total. The molecule has 1 aromatic heterocycles. The van der Waals surface area contributed by atoms with Crippen molar-refractivity contribution in [2.24, 2.45) is 5.10 Å². The van der Waals surface area contributed by atoms with Crippen molar-refractivity contribution in [3.63, 3.8) is 0 Å². The molecule has 1 saturated heterocycles. The lowest BCUT2D eigenvalue weighted by atomic mass is 10.1. The number of nitrogens with one attached hydrogen (secondary N) is 1. The Bertz CT molecular complexity index is 1120. The maximum atomic E-state index is 12.8. The van der Waals surface area contributed by atoms with Crippen LogP contribution in [0.4, 0.5) is 10.8 Å². The number of aromatic nitrogens is 1. The van der Waals surface area contributed by atoms with Gasteiger partial charge in [0, 0.05) is 41.9 Å². The summed E-state index contributed by atoms with van der Waals surface area (Å²) < 4.78 is 1.95. The Hall–Kier alpha value is -2.16. The van der Waals surface area contributed by atoms with Gasteiger partial charge >= 0.3 is 0 Å². The van der Waals surface area contributed by atoms with E-state index in [2.05, 4.69) is 31.4 Å². The number of thiazole rings is 1. The minimum absolute atomic E-state index is 0.0493. The zero-order valence-electron chi connectivity index (χ0n) is 16.7. The molecular weight excluding hydrogens is 486 g/mol. The van der Waals surface area contributed by atoms with Gasteiger partial charge in [-0.15, -0.1) is 0 Å². The van der Waals surface area contributed by atoms with E-state index in [0.29, 0.717) is 36.8 Å². The number of benzene rings is 2. The van der Waals surface area contributed by atoms with Crippen molar-refractivity contribution in [1.82, 2.24) is 9.88 Å². The van der Waals surface area contributed by atoms with Crippen LogP contribution in [-0.4, -0.2) is 47.7 Å². The van der Waals surface area contributed by atoms with Gasteiger partial charge in [-0.2, -0.15) is 5.10 Å². The fourth-order valence-corrected chi connectivity index (χ4v) is 4.88. The van der Waals surface area contributed by atoms with Gasteiger partial charge in [-0.25, -0.2) is 4.98 Å². The SMILES string of the molecule is CC(C)=NNc1nc2c(N3CCN(C(=O)c4cccc(Br)c4)CC3)c(Cl)ccc2s1. The fourth-order valence-electron chi connectivity index (χ4n) is 3.40. The number of halogens is 2. The number of hydrogen-bond acceptors (Lipinski definition) is 6. The van der Waals surface area contributed by atoms with Crippen LogP contribution in [0, 0.1) is 0 Å². The van der Waals surface area contributed by atoms with Gasteiger partial charge in [0.25, 0.3) is 5.91 Å². The van der Waals surface area contributed by atoms with E-state index in [1.54, 1.807) is 11.3 Å². The molecule has 0 spiro atoms. The summed E-state index contributed by atoms with van der Waals surface area (Å²) in [5.41, 5.74) is 6.42. The number of carbonyl (C=O) groups is 1. The number of piperazine rings is 1. The highest BCUT2D eigenvalue weighted by molar-refractivity contribution is 9.10. The summed E-state index contributed by atoms with van der Waals surface area (Å²) >= 11 is 11.6. The number of rotatable bonds is 4. The molecule has 2 heterocycles. The summed E-state index contributed by atoms with van der Waals surface area (Å²) in [6, 6.07) is 11.4. The lowest BCUT2D eigenvalue weighted by molar-refractivity contribution is 0.0747. The van der Waals surface area contributed by atoms with Gasteiger partial charge in [0.1, 0.15) is 5.52 Å². The number of hydrazone groups is 1. The van der Waals surface area contributed by atoms with Crippen LogP contribution in [-0.2, 0) is 0 Å². The van der Waals surface area contributed by atoms with E-state index in [1.807, 2.05) is 55.1 Å². The summed E-state index contributed by atoms with van der Waals surface area (Å²) in [7, 11) is 0. The first-order valence-electron chi connectivity index (χ1n) is 9.58. The van der Waals surface area contributed by atoms with Crippen molar-refractivity contribution < 1.29 is 4.79 Å². The number of anilines is 2. The van der Waals surface area contributed by atoms with Crippen molar-refractivity contribution in [2.75, 3.05) is 36.5 Å². The van der Waals surface area contributed by atoms with Crippen LogP contribution in [0.2, 0.25) is 5.02 Å². The molecule has 0 radical (unpaired) electrons. The topological polar surface area (TPSA) is 60.8 Å². The van der Waals surface area contributed by atoms with Crippen molar-refractivity contribution in [2.45, 2.75) is 13.8 Å². The maximum absolute atomic E-state index is 12.8. The van der Waals surface area contributed by atoms with E-state index in [-0.39, 0.29) is 5.91 Å².